The molecule has 1 aromatic heterocycles. The van der Waals surface area contributed by atoms with Crippen LogP contribution in [0.2, 0.25) is 5.02 Å². The molecule has 2 rings (SSSR count). The summed E-state index contributed by atoms with van der Waals surface area (Å²) in [5, 5.41) is 11.1. The van der Waals surface area contributed by atoms with E-state index in [9.17, 15) is 14.5 Å². The van der Waals surface area contributed by atoms with E-state index in [0.29, 0.717) is 16.5 Å². The number of fused-ring (bicyclic) bond motifs is 1. The fourth-order valence-corrected chi connectivity index (χ4v) is 1.92. The van der Waals surface area contributed by atoms with Gasteiger partial charge >= 0.3 is 5.69 Å². The van der Waals surface area contributed by atoms with Crippen LogP contribution in [0, 0.1) is 22.9 Å². The smallest absolute Gasteiger partial charge is 0.258 e. The first-order valence-corrected chi connectivity index (χ1v) is 4.77. The molecule has 82 valence electrons. The number of pyridine rings is 1. The number of nitrogens with zero attached hydrogens (tertiary/aromatic N) is 2. The zero-order chi connectivity index (χ0) is 11.9. The predicted octanol–water partition coefficient (Wildman–Crippen LogP) is 3.24. The quantitative estimate of drug-likeness (QED) is 0.568. The summed E-state index contributed by atoms with van der Waals surface area (Å²) in [6.07, 6.45) is 1.03. The molecule has 0 radical (unpaired) electrons. The Morgan fingerprint density at radius 2 is 2.19 bits per heavy atom. The van der Waals surface area contributed by atoms with E-state index in [-0.39, 0.29) is 10.7 Å². The van der Waals surface area contributed by atoms with E-state index in [4.69, 9.17) is 11.6 Å². The SMILES string of the molecule is Cc1cc(F)cc2ncc([N+](=O)[O-])c(Cl)c12. The molecule has 0 atom stereocenters. The van der Waals surface area contributed by atoms with Gasteiger partial charge in [0.1, 0.15) is 17.0 Å². The molecule has 0 N–H and O–H groups in total. The van der Waals surface area contributed by atoms with Crippen molar-refractivity contribution in [1.29, 1.82) is 0 Å². The Morgan fingerprint density at radius 1 is 1.50 bits per heavy atom. The van der Waals surface area contributed by atoms with Crippen molar-refractivity contribution in [3.63, 3.8) is 0 Å². The summed E-state index contributed by atoms with van der Waals surface area (Å²) in [6, 6.07) is 2.46. The van der Waals surface area contributed by atoms with Crippen LogP contribution in [0.3, 0.4) is 0 Å². The second kappa shape index (κ2) is 3.68. The van der Waals surface area contributed by atoms with E-state index in [0.717, 1.165) is 6.20 Å². The minimum Gasteiger partial charge on any atom is -0.258 e. The third-order valence-electron chi connectivity index (χ3n) is 2.25. The number of rotatable bonds is 1. The van der Waals surface area contributed by atoms with E-state index in [2.05, 4.69) is 4.98 Å². The van der Waals surface area contributed by atoms with Crippen molar-refractivity contribution in [3.05, 3.63) is 44.8 Å². The van der Waals surface area contributed by atoms with Crippen molar-refractivity contribution in [2.24, 2.45) is 0 Å². The van der Waals surface area contributed by atoms with Gasteiger partial charge < -0.3 is 0 Å². The maximum absolute atomic E-state index is 13.1. The highest BCUT2D eigenvalue weighted by atomic mass is 35.5. The van der Waals surface area contributed by atoms with Crippen LogP contribution in [-0.2, 0) is 0 Å². The van der Waals surface area contributed by atoms with Crippen molar-refractivity contribution in [2.75, 3.05) is 0 Å². The van der Waals surface area contributed by atoms with Gasteiger partial charge in [-0.1, -0.05) is 11.6 Å². The summed E-state index contributed by atoms with van der Waals surface area (Å²) >= 11 is 5.89. The molecule has 0 amide bonds. The number of benzene rings is 1. The normalized spacial score (nSPS) is 10.7. The van der Waals surface area contributed by atoms with Gasteiger partial charge in [0.25, 0.3) is 0 Å². The number of aromatic nitrogens is 1. The molecule has 2 aromatic rings. The molecule has 4 nitrogen and oxygen atoms in total. The lowest BCUT2D eigenvalue weighted by Gasteiger charge is -2.04. The van der Waals surface area contributed by atoms with E-state index in [1.54, 1.807) is 6.92 Å². The molecule has 0 saturated heterocycles. The summed E-state index contributed by atoms with van der Waals surface area (Å²) in [4.78, 5) is 13.9. The number of nitro groups is 1. The first-order chi connectivity index (χ1) is 7.50. The molecule has 0 aliphatic heterocycles. The van der Waals surface area contributed by atoms with Crippen LogP contribution in [0.15, 0.2) is 18.3 Å². The van der Waals surface area contributed by atoms with Gasteiger partial charge in [0.2, 0.25) is 0 Å². The maximum Gasteiger partial charge on any atom is 0.306 e. The van der Waals surface area contributed by atoms with Crippen LogP contribution in [0.1, 0.15) is 5.56 Å². The Kier molecular flexibility index (Phi) is 2.47. The van der Waals surface area contributed by atoms with Gasteiger partial charge in [-0.05, 0) is 18.6 Å². The van der Waals surface area contributed by atoms with Crippen molar-refractivity contribution < 1.29 is 9.31 Å². The summed E-state index contributed by atoms with van der Waals surface area (Å²) in [6.45, 7) is 1.63. The Bertz CT molecular complexity index is 601. The van der Waals surface area contributed by atoms with Gasteiger partial charge in [-0.3, -0.25) is 10.1 Å². The van der Waals surface area contributed by atoms with Gasteiger partial charge in [-0.25, -0.2) is 9.37 Å². The van der Waals surface area contributed by atoms with Crippen LogP contribution < -0.4 is 0 Å². The highest BCUT2D eigenvalue weighted by molar-refractivity contribution is 6.37. The zero-order valence-electron chi connectivity index (χ0n) is 8.20. The Labute approximate surface area is 94.8 Å². The Balaban J connectivity index is 2.89. The van der Waals surface area contributed by atoms with Crippen molar-refractivity contribution in [2.45, 2.75) is 6.92 Å². The predicted molar refractivity (Wildman–Crippen MR) is 58.1 cm³/mol. The average Bonchev–Trinajstić information content (AvgIpc) is 2.15. The van der Waals surface area contributed by atoms with Crippen LogP contribution in [0.5, 0.6) is 0 Å². The molecule has 0 fully saturated rings. The van der Waals surface area contributed by atoms with Crippen molar-refractivity contribution in [1.82, 2.24) is 4.98 Å². The first kappa shape index (κ1) is 10.8. The molecule has 1 aromatic carbocycles. The van der Waals surface area contributed by atoms with E-state index in [1.807, 2.05) is 0 Å². The van der Waals surface area contributed by atoms with Gasteiger partial charge in [-0.2, -0.15) is 0 Å². The van der Waals surface area contributed by atoms with Gasteiger partial charge in [0.15, 0.2) is 0 Å². The van der Waals surface area contributed by atoms with Crippen LogP contribution in [-0.4, -0.2) is 9.91 Å². The monoisotopic (exact) mass is 240 g/mol. The molecule has 0 unspecified atom stereocenters. The van der Waals surface area contributed by atoms with Crippen molar-refractivity contribution >= 4 is 28.2 Å². The van der Waals surface area contributed by atoms with Gasteiger partial charge in [0, 0.05) is 11.5 Å². The summed E-state index contributed by atoms with van der Waals surface area (Å²) in [5.74, 6) is -0.442. The summed E-state index contributed by atoms with van der Waals surface area (Å²) < 4.78 is 13.1. The molecule has 0 spiro atoms. The third kappa shape index (κ3) is 1.59. The first-order valence-electron chi connectivity index (χ1n) is 4.39. The molecule has 0 saturated carbocycles. The molecule has 0 bridgehead atoms. The van der Waals surface area contributed by atoms with E-state index >= 15 is 0 Å². The minimum absolute atomic E-state index is 0.00694. The molecule has 0 aliphatic carbocycles. The molecule has 6 heteroatoms. The van der Waals surface area contributed by atoms with Gasteiger partial charge in [0.05, 0.1) is 10.4 Å². The highest BCUT2D eigenvalue weighted by Gasteiger charge is 2.17. The molecular formula is C10H6ClFN2O2. The highest BCUT2D eigenvalue weighted by Crippen LogP contribution is 2.33. The zero-order valence-corrected chi connectivity index (χ0v) is 8.95. The number of aryl methyl sites for hydroxylation is 1. The average molecular weight is 241 g/mol. The fraction of sp³-hybridized carbons (Fsp3) is 0.100. The Hall–Kier alpha value is -1.75. The molecule has 16 heavy (non-hydrogen) atoms. The minimum atomic E-state index is -0.614. The number of hydrogen-bond acceptors (Lipinski definition) is 3. The lowest BCUT2D eigenvalue weighted by Crippen LogP contribution is -1.94. The number of hydrogen-bond donors (Lipinski definition) is 0. The van der Waals surface area contributed by atoms with Crippen LogP contribution >= 0.6 is 11.6 Å². The van der Waals surface area contributed by atoms with Crippen molar-refractivity contribution in [3.8, 4) is 0 Å². The largest absolute Gasteiger partial charge is 0.306 e. The molecule has 1 heterocycles. The lowest BCUT2D eigenvalue weighted by molar-refractivity contribution is -0.384. The second-order valence-corrected chi connectivity index (χ2v) is 3.71. The standard InChI is InChI=1S/C10H6ClFN2O2/c1-5-2-6(12)3-7-9(5)10(11)8(4-13-7)14(15)16/h2-4H,1H3. The summed E-state index contributed by atoms with van der Waals surface area (Å²) in [7, 11) is 0. The Morgan fingerprint density at radius 3 is 2.81 bits per heavy atom. The topological polar surface area (TPSA) is 56.0 Å². The van der Waals surface area contributed by atoms with Gasteiger partial charge in [-0.15, -0.1) is 0 Å². The fourth-order valence-electron chi connectivity index (χ4n) is 1.56. The van der Waals surface area contributed by atoms with Crippen LogP contribution in [0.25, 0.3) is 10.9 Å². The molecule has 0 aliphatic rings. The maximum atomic E-state index is 13.1. The van der Waals surface area contributed by atoms with E-state index in [1.165, 1.54) is 12.1 Å². The lowest BCUT2D eigenvalue weighted by atomic mass is 10.1. The second-order valence-electron chi connectivity index (χ2n) is 3.33. The molecular weight excluding hydrogens is 235 g/mol. The van der Waals surface area contributed by atoms with E-state index < -0.39 is 10.7 Å². The summed E-state index contributed by atoms with van der Waals surface area (Å²) in [5.41, 5.74) is 0.563. The van der Waals surface area contributed by atoms with Crippen LogP contribution in [0.4, 0.5) is 10.1 Å². The third-order valence-corrected chi connectivity index (χ3v) is 2.63. The number of halogens is 2.